The molecule has 0 aliphatic rings. The van der Waals surface area contributed by atoms with Gasteiger partial charge in [-0.15, -0.1) is 0 Å². The Morgan fingerprint density at radius 3 is 2.50 bits per heavy atom. The first-order chi connectivity index (χ1) is 5.57. The van der Waals surface area contributed by atoms with Gasteiger partial charge in [0.2, 0.25) is 0 Å². The van der Waals surface area contributed by atoms with Crippen molar-refractivity contribution < 1.29 is 4.79 Å². The maximum Gasteiger partial charge on any atom is 0.146 e. The van der Waals surface area contributed by atoms with Gasteiger partial charge in [0.1, 0.15) is 5.78 Å². The van der Waals surface area contributed by atoms with Crippen LogP contribution in [0.25, 0.3) is 0 Å². The number of carbonyl (C=O) groups is 1. The predicted octanol–water partition coefficient (Wildman–Crippen LogP) is 2.12. The lowest BCUT2D eigenvalue weighted by Gasteiger charge is -2.14. The van der Waals surface area contributed by atoms with Crippen LogP contribution in [0.4, 0.5) is 0 Å². The van der Waals surface area contributed by atoms with Gasteiger partial charge in [0, 0.05) is 0 Å². The Kier molecular flexibility index (Phi) is 5.99. The molecule has 0 saturated heterocycles. The van der Waals surface area contributed by atoms with E-state index in [0.717, 1.165) is 6.42 Å². The molecule has 0 saturated carbocycles. The SMILES string of the molecule is CCCC[C@@H](C)C[C@H](N)C(C)=O. The lowest BCUT2D eigenvalue weighted by atomic mass is 9.95. The molecule has 0 spiro atoms. The lowest BCUT2D eigenvalue weighted by molar-refractivity contribution is -0.118. The monoisotopic (exact) mass is 171 g/mol. The molecule has 2 nitrogen and oxygen atoms in total. The highest BCUT2D eigenvalue weighted by Crippen LogP contribution is 2.13. The van der Waals surface area contributed by atoms with Crippen molar-refractivity contribution in [3.8, 4) is 0 Å². The van der Waals surface area contributed by atoms with E-state index in [0.29, 0.717) is 5.92 Å². The molecule has 0 aliphatic heterocycles. The minimum Gasteiger partial charge on any atom is -0.322 e. The Labute approximate surface area is 75.5 Å². The third-order valence-electron chi connectivity index (χ3n) is 2.23. The van der Waals surface area contributed by atoms with Crippen molar-refractivity contribution in [2.45, 2.75) is 52.5 Å². The fourth-order valence-corrected chi connectivity index (χ4v) is 1.27. The average Bonchev–Trinajstić information content (AvgIpc) is 2.00. The van der Waals surface area contributed by atoms with Gasteiger partial charge in [0.25, 0.3) is 0 Å². The maximum absolute atomic E-state index is 10.8. The third kappa shape index (κ3) is 5.30. The van der Waals surface area contributed by atoms with Gasteiger partial charge in [0.05, 0.1) is 6.04 Å². The first-order valence-electron chi connectivity index (χ1n) is 4.84. The van der Waals surface area contributed by atoms with Crippen LogP contribution < -0.4 is 5.73 Å². The zero-order valence-electron chi connectivity index (χ0n) is 8.47. The molecule has 2 N–H and O–H groups in total. The normalized spacial score (nSPS) is 15.7. The van der Waals surface area contributed by atoms with Gasteiger partial charge in [-0.3, -0.25) is 4.79 Å². The minimum absolute atomic E-state index is 0.110. The molecule has 0 aliphatic carbocycles. The van der Waals surface area contributed by atoms with Crippen LogP contribution in [0.1, 0.15) is 46.5 Å². The molecule has 0 rings (SSSR count). The Morgan fingerprint density at radius 1 is 1.50 bits per heavy atom. The Morgan fingerprint density at radius 2 is 2.08 bits per heavy atom. The van der Waals surface area contributed by atoms with Crippen molar-refractivity contribution in [3.05, 3.63) is 0 Å². The molecule has 0 aromatic rings. The molecule has 0 aromatic carbocycles. The molecule has 2 heteroatoms. The van der Waals surface area contributed by atoms with Gasteiger partial charge in [-0.25, -0.2) is 0 Å². The van der Waals surface area contributed by atoms with Crippen LogP contribution in [-0.4, -0.2) is 11.8 Å². The maximum atomic E-state index is 10.8. The van der Waals surface area contributed by atoms with Gasteiger partial charge in [-0.2, -0.15) is 0 Å². The molecule has 0 aromatic heterocycles. The first kappa shape index (κ1) is 11.6. The Bertz CT molecular complexity index is 134. The number of hydrogen-bond acceptors (Lipinski definition) is 2. The van der Waals surface area contributed by atoms with E-state index in [9.17, 15) is 4.79 Å². The quantitative estimate of drug-likeness (QED) is 0.665. The highest BCUT2D eigenvalue weighted by Gasteiger charge is 2.11. The van der Waals surface area contributed by atoms with Gasteiger partial charge in [0.15, 0.2) is 0 Å². The standard InChI is InChI=1S/C10H21NO/c1-4-5-6-8(2)7-10(11)9(3)12/h8,10H,4-7,11H2,1-3H3/t8-,10+/m1/s1. The zero-order valence-corrected chi connectivity index (χ0v) is 8.47. The largest absolute Gasteiger partial charge is 0.322 e. The number of hydrogen-bond donors (Lipinski definition) is 1. The smallest absolute Gasteiger partial charge is 0.146 e. The predicted molar refractivity (Wildman–Crippen MR) is 52.0 cm³/mol. The highest BCUT2D eigenvalue weighted by atomic mass is 16.1. The summed E-state index contributed by atoms with van der Waals surface area (Å²) in [4.78, 5) is 10.8. The van der Waals surface area contributed by atoms with Gasteiger partial charge in [-0.05, 0) is 19.3 Å². The van der Waals surface area contributed by atoms with Gasteiger partial charge < -0.3 is 5.73 Å². The second-order valence-electron chi connectivity index (χ2n) is 3.70. The zero-order chi connectivity index (χ0) is 9.56. The summed E-state index contributed by atoms with van der Waals surface area (Å²) >= 11 is 0. The fraction of sp³-hybridized carbons (Fsp3) is 0.900. The van der Waals surface area contributed by atoms with E-state index in [2.05, 4.69) is 13.8 Å². The second-order valence-corrected chi connectivity index (χ2v) is 3.70. The fourth-order valence-electron chi connectivity index (χ4n) is 1.27. The van der Waals surface area contributed by atoms with Crippen molar-refractivity contribution >= 4 is 5.78 Å². The first-order valence-corrected chi connectivity index (χ1v) is 4.84. The van der Waals surface area contributed by atoms with Gasteiger partial charge >= 0.3 is 0 Å². The average molecular weight is 171 g/mol. The van der Waals surface area contributed by atoms with Crippen LogP contribution in [0, 0.1) is 5.92 Å². The lowest BCUT2D eigenvalue weighted by Crippen LogP contribution is -2.30. The van der Waals surface area contributed by atoms with E-state index in [1.165, 1.54) is 19.3 Å². The molecule has 0 amide bonds. The second kappa shape index (κ2) is 6.18. The summed E-state index contributed by atoms with van der Waals surface area (Å²) in [5.74, 6) is 0.696. The number of nitrogens with two attached hydrogens (primary N) is 1. The molecular weight excluding hydrogens is 150 g/mol. The Balaban J connectivity index is 3.53. The van der Waals surface area contributed by atoms with E-state index in [1.54, 1.807) is 6.92 Å². The van der Waals surface area contributed by atoms with Crippen molar-refractivity contribution in [3.63, 3.8) is 0 Å². The van der Waals surface area contributed by atoms with Crippen LogP contribution in [0.3, 0.4) is 0 Å². The van der Waals surface area contributed by atoms with E-state index < -0.39 is 0 Å². The summed E-state index contributed by atoms with van der Waals surface area (Å²) in [5, 5.41) is 0. The van der Waals surface area contributed by atoms with Crippen molar-refractivity contribution in [1.82, 2.24) is 0 Å². The summed E-state index contributed by atoms with van der Waals surface area (Å²) in [6.07, 6.45) is 4.50. The number of rotatable bonds is 6. The van der Waals surface area contributed by atoms with Gasteiger partial charge in [-0.1, -0.05) is 33.1 Å². The summed E-state index contributed by atoms with van der Waals surface area (Å²) in [6.45, 7) is 5.91. The molecule has 0 radical (unpaired) electrons. The van der Waals surface area contributed by atoms with E-state index in [1.807, 2.05) is 0 Å². The van der Waals surface area contributed by atoms with Crippen LogP contribution in [-0.2, 0) is 4.79 Å². The van der Waals surface area contributed by atoms with Crippen molar-refractivity contribution in [1.29, 1.82) is 0 Å². The van der Waals surface area contributed by atoms with Crippen LogP contribution in [0.5, 0.6) is 0 Å². The number of carbonyl (C=O) groups excluding carboxylic acids is 1. The number of ketones is 1. The molecule has 0 fully saturated rings. The van der Waals surface area contributed by atoms with Crippen LogP contribution in [0.15, 0.2) is 0 Å². The highest BCUT2D eigenvalue weighted by molar-refractivity contribution is 5.81. The molecule has 0 bridgehead atoms. The summed E-state index contributed by atoms with van der Waals surface area (Å²) in [5.41, 5.74) is 5.64. The molecule has 0 unspecified atom stereocenters. The molecule has 0 heterocycles. The third-order valence-corrected chi connectivity index (χ3v) is 2.23. The van der Waals surface area contributed by atoms with E-state index >= 15 is 0 Å². The van der Waals surface area contributed by atoms with Crippen LogP contribution in [0.2, 0.25) is 0 Å². The van der Waals surface area contributed by atoms with E-state index in [-0.39, 0.29) is 11.8 Å². The topological polar surface area (TPSA) is 43.1 Å². The summed E-state index contributed by atoms with van der Waals surface area (Å²) in [6, 6.07) is -0.239. The number of Topliss-reactive ketones (excluding diaryl/α,β-unsaturated/α-hetero) is 1. The Hall–Kier alpha value is -0.370. The summed E-state index contributed by atoms with van der Waals surface area (Å²) < 4.78 is 0. The molecule has 12 heavy (non-hydrogen) atoms. The molecule has 2 atom stereocenters. The van der Waals surface area contributed by atoms with E-state index in [4.69, 9.17) is 5.73 Å². The summed E-state index contributed by atoms with van der Waals surface area (Å²) in [7, 11) is 0. The minimum atomic E-state index is -0.239. The van der Waals surface area contributed by atoms with Crippen LogP contribution >= 0.6 is 0 Å². The van der Waals surface area contributed by atoms with Crippen molar-refractivity contribution in [2.75, 3.05) is 0 Å². The molecular formula is C10H21NO. The van der Waals surface area contributed by atoms with Crippen molar-refractivity contribution in [2.24, 2.45) is 11.7 Å². The number of unbranched alkanes of at least 4 members (excludes halogenated alkanes) is 1. The molecule has 72 valence electrons.